The Morgan fingerprint density at radius 3 is 3.10 bits per heavy atom. The number of hydrogen-bond acceptors (Lipinski definition) is 3. The maximum absolute atomic E-state index is 5.68. The number of thioether (sulfide) groups is 1. The van der Waals surface area contributed by atoms with E-state index in [9.17, 15) is 0 Å². The second kappa shape index (κ2) is 2.72. The minimum atomic E-state index is 0.179. The van der Waals surface area contributed by atoms with Crippen molar-refractivity contribution >= 4 is 11.8 Å². The molecule has 0 amide bonds. The molecule has 2 heterocycles. The minimum Gasteiger partial charge on any atom is -0.362 e. The van der Waals surface area contributed by atoms with Crippen LogP contribution < -0.4 is 5.32 Å². The van der Waals surface area contributed by atoms with Gasteiger partial charge in [-0.1, -0.05) is 0 Å². The van der Waals surface area contributed by atoms with Gasteiger partial charge in [0.1, 0.15) is 4.93 Å². The first-order chi connectivity index (χ1) is 4.91. The highest BCUT2D eigenvalue weighted by molar-refractivity contribution is 8.00. The van der Waals surface area contributed by atoms with E-state index in [0.29, 0.717) is 0 Å². The number of rotatable bonds is 0. The Morgan fingerprint density at radius 1 is 1.50 bits per heavy atom. The molecule has 2 aliphatic heterocycles. The quantitative estimate of drug-likeness (QED) is 0.565. The predicted molar refractivity (Wildman–Crippen MR) is 43.2 cm³/mol. The van der Waals surface area contributed by atoms with E-state index in [0.717, 1.165) is 13.2 Å². The highest BCUT2D eigenvalue weighted by Crippen LogP contribution is 2.37. The molecule has 2 fully saturated rings. The van der Waals surface area contributed by atoms with Crippen LogP contribution in [-0.4, -0.2) is 30.4 Å². The minimum absolute atomic E-state index is 0.179. The normalized spacial score (nSPS) is 40.8. The van der Waals surface area contributed by atoms with E-state index < -0.39 is 0 Å². The maximum Gasteiger partial charge on any atom is 0.126 e. The van der Waals surface area contributed by atoms with Gasteiger partial charge in [0.25, 0.3) is 0 Å². The van der Waals surface area contributed by atoms with Crippen LogP contribution in [0.4, 0.5) is 0 Å². The molecule has 3 heteroatoms. The summed E-state index contributed by atoms with van der Waals surface area (Å²) in [5.74, 6) is 1.18. The molecule has 0 radical (unpaired) electrons. The number of piperidine rings is 1. The second-order valence-corrected chi connectivity index (χ2v) is 4.33. The zero-order chi connectivity index (χ0) is 6.86. The summed E-state index contributed by atoms with van der Waals surface area (Å²) < 4.78 is 5.68. The van der Waals surface area contributed by atoms with E-state index in [1.54, 1.807) is 0 Å². The van der Waals surface area contributed by atoms with Gasteiger partial charge in [0.05, 0.1) is 6.61 Å². The summed E-state index contributed by atoms with van der Waals surface area (Å²) in [6.45, 7) is 3.18. The average Bonchev–Trinajstić information content (AvgIpc) is 2.39. The fourth-order valence-electron chi connectivity index (χ4n) is 1.59. The fraction of sp³-hybridized carbons (Fsp3) is 1.00. The molecule has 0 bridgehead atoms. The van der Waals surface area contributed by atoms with E-state index in [-0.39, 0.29) is 4.93 Å². The number of ether oxygens (including phenoxy) is 1. The Morgan fingerprint density at radius 2 is 2.50 bits per heavy atom. The lowest BCUT2D eigenvalue weighted by Crippen LogP contribution is -2.42. The molecule has 1 N–H and O–H groups in total. The van der Waals surface area contributed by atoms with Crippen LogP contribution in [0.15, 0.2) is 0 Å². The van der Waals surface area contributed by atoms with Crippen molar-refractivity contribution in [2.75, 3.05) is 25.4 Å². The first kappa shape index (κ1) is 6.95. The lowest BCUT2D eigenvalue weighted by molar-refractivity contribution is 0.0335. The molecule has 10 heavy (non-hydrogen) atoms. The van der Waals surface area contributed by atoms with Gasteiger partial charge in [-0.2, -0.15) is 0 Å². The van der Waals surface area contributed by atoms with Crippen LogP contribution in [0.25, 0.3) is 0 Å². The molecule has 1 spiro atoms. The summed E-state index contributed by atoms with van der Waals surface area (Å²) in [4.78, 5) is 0.179. The third kappa shape index (κ3) is 1.18. The van der Waals surface area contributed by atoms with Gasteiger partial charge in [-0.05, 0) is 19.4 Å². The Balaban J connectivity index is 1.98. The second-order valence-electron chi connectivity index (χ2n) is 2.89. The molecule has 0 aromatic rings. The highest BCUT2D eigenvalue weighted by atomic mass is 32.2. The largest absolute Gasteiger partial charge is 0.362 e. The van der Waals surface area contributed by atoms with Gasteiger partial charge in [0, 0.05) is 12.3 Å². The van der Waals surface area contributed by atoms with E-state index in [2.05, 4.69) is 5.32 Å². The molecule has 2 nitrogen and oxygen atoms in total. The first-order valence-electron chi connectivity index (χ1n) is 3.90. The third-order valence-electron chi connectivity index (χ3n) is 2.12. The van der Waals surface area contributed by atoms with E-state index in [1.807, 2.05) is 11.8 Å². The molecule has 0 aliphatic carbocycles. The number of hydrogen-bond donors (Lipinski definition) is 1. The van der Waals surface area contributed by atoms with E-state index in [1.165, 1.54) is 25.1 Å². The van der Waals surface area contributed by atoms with E-state index in [4.69, 9.17) is 4.74 Å². The molecule has 58 valence electrons. The zero-order valence-corrected chi connectivity index (χ0v) is 6.88. The Kier molecular flexibility index (Phi) is 1.89. The Hall–Kier alpha value is 0.270. The van der Waals surface area contributed by atoms with Crippen molar-refractivity contribution in [3.63, 3.8) is 0 Å². The fourth-order valence-corrected chi connectivity index (χ4v) is 2.79. The van der Waals surface area contributed by atoms with Crippen molar-refractivity contribution in [3.8, 4) is 0 Å². The molecule has 0 aromatic heterocycles. The lowest BCUT2D eigenvalue weighted by atomic mass is 10.1. The van der Waals surface area contributed by atoms with Gasteiger partial charge in [-0.15, -0.1) is 11.8 Å². The van der Waals surface area contributed by atoms with Crippen LogP contribution in [0.1, 0.15) is 12.8 Å². The molecular formula is C7H13NOS. The van der Waals surface area contributed by atoms with Gasteiger partial charge in [0.2, 0.25) is 0 Å². The van der Waals surface area contributed by atoms with Crippen molar-refractivity contribution in [1.29, 1.82) is 0 Å². The Bertz CT molecular complexity index is 115. The highest BCUT2D eigenvalue weighted by Gasteiger charge is 2.36. The van der Waals surface area contributed by atoms with Crippen molar-refractivity contribution in [2.45, 2.75) is 17.8 Å². The van der Waals surface area contributed by atoms with Crippen molar-refractivity contribution < 1.29 is 4.74 Å². The zero-order valence-electron chi connectivity index (χ0n) is 6.06. The Labute approximate surface area is 65.7 Å². The molecule has 2 saturated heterocycles. The topological polar surface area (TPSA) is 21.3 Å². The van der Waals surface area contributed by atoms with Crippen LogP contribution >= 0.6 is 11.8 Å². The smallest absolute Gasteiger partial charge is 0.126 e. The van der Waals surface area contributed by atoms with Gasteiger partial charge >= 0.3 is 0 Å². The molecule has 2 rings (SSSR count). The van der Waals surface area contributed by atoms with Crippen molar-refractivity contribution in [3.05, 3.63) is 0 Å². The van der Waals surface area contributed by atoms with E-state index >= 15 is 0 Å². The molecular weight excluding hydrogens is 146 g/mol. The SMILES string of the molecule is C1CNCC2(C1)OCCS2. The van der Waals surface area contributed by atoms with Crippen LogP contribution in [0.2, 0.25) is 0 Å². The molecule has 0 aromatic carbocycles. The maximum atomic E-state index is 5.68. The van der Waals surface area contributed by atoms with Gasteiger partial charge in [-0.25, -0.2) is 0 Å². The third-order valence-corrected chi connectivity index (χ3v) is 3.48. The lowest BCUT2D eigenvalue weighted by Gasteiger charge is -2.31. The van der Waals surface area contributed by atoms with Gasteiger partial charge in [-0.3, -0.25) is 0 Å². The predicted octanol–water partition coefficient (Wildman–Crippen LogP) is 0.829. The summed E-state index contributed by atoms with van der Waals surface area (Å²) in [6.07, 6.45) is 2.51. The molecule has 1 unspecified atom stereocenters. The summed E-state index contributed by atoms with van der Waals surface area (Å²) in [5, 5.41) is 3.37. The molecule has 2 aliphatic rings. The average molecular weight is 159 g/mol. The first-order valence-corrected chi connectivity index (χ1v) is 4.89. The summed E-state index contributed by atoms with van der Waals surface area (Å²) >= 11 is 1.98. The van der Waals surface area contributed by atoms with Crippen LogP contribution in [-0.2, 0) is 4.74 Å². The van der Waals surface area contributed by atoms with Crippen LogP contribution in [0, 0.1) is 0 Å². The van der Waals surface area contributed by atoms with Crippen LogP contribution in [0.3, 0.4) is 0 Å². The van der Waals surface area contributed by atoms with Gasteiger partial charge in [0.15, 0.2) is 0 Å². The molecule has 0 saturated carbocycles. The monoisotopic (exact) mass is 159 g/mol. The summed E-state index contributed by atoms with van der Waals surface area (Å²) in [5.41, 5.74) is 0. The van der Waals surface area contributed by atoms with Crippen molar-refractivity contribution in [1.82, 2.24) is 5.32 Å². The number of nitrogens with one attached hydrogen (secondary N) is 1. The van der Waals surface area contributed by atoms with Crippen LogP contribution in [0.5, 0.6) is 0 Å². The van der Waals surface area contributed by atoms with Gasteiger partial charge < -0.3 is 10.1 Å². The molecule has 1 atom stereocenters. The standard InChI is InChI=1S/C7H13NOS/c1-2-7(6-8-3-1)9-4-5-10-7/h8H,1-6H2. The summed E-state index contributed by atoms with van der Waals surface area (Å²) in [7, 11) is 0. The summed E-state index contributed by atoms with van der Waals surface area (Å²) in [6, 6.07) is 0. The van der Waals surface area contributed by atoms with Crippen molar-refractivity contribution in [2.24, 2.45) is 0 Å².